The van der Waals surface area contributed by atoms with E-state index < -0.39 is 12.2 Å². The zero-order chi connectivity index (χ0) is 41.8. The Morgan fingerprint density at radius 3 is 1.39 bits per heavy atom. The van der Waals surface area contributed by atoms with Gasteiger partial charge in [-0.05, 0) is 39.5 Å². The molecule has 1 saturated carbocycles. The van der Waals surface area contributed by atoms with Crippen LogP contribution in [-0.2, 0) is 38.1 Å². The molecule has 2 N–H and O–H groups in total. The monoisotopic (exact) mass is 809 g/mol. The summed E-state index contributed by atoms with van der Waals surface area (Å²) in [6.07, 6.45) is 29.9. The fourth-order valence-corrected chi connectivity index (χ4v) is 7.57. The molecule has 0 aromatic carbocycles. The van der Waals surface area contributed by atoms with Crippen molar-refractivity contribution >= 4 is 23.8 Å². The zero-order valence-electron chi connectivity index (χ0n) is 37.5. The van der Waals surface area contributed by atoms with Crippen molar-refractivity contribution in [2.75, 3.05) is 20.3 Å². The average molecular weight is 809 g/mol. The first-order valence-electron chi connectivity index (χ1n) is 23.8. The van der Waals surface area contributed by atoms with Gasteiger partial charge in [-0.3, -0.25) is 19.2 Å². The molecule has 0 heterocycles. The zero-order valence-corrected chi connectivity index (χ0v) is 37.5. The Morgan fingerprint density at radius 1 is 0.526 bits per heavy atom. The molecule has 4 unspecified atom stereocenters. The lowest BCUT2D eigenvalue weighted by molar-refractivity contribution is -0.160. The second kappa shape index (κ2) is 36.8. The van der Waals surface area contributed by atoms with Crippen LogP contribution in [0.1, 0.15) is 227 Å². The fourth-order valence-electron chi connectivity index (χ4n) is 7.57. The first-order chi connectivity index (χ1) is 27.7. The summed E-state index contributed by atoms with van der Waals surface area (Å²) in [6, 6.07) is -0.309. The molecule has 0 aromatic rings. The minimum Gasteiger partial charge on any atom is -0.462 e. The van der Waals surface area contributed by atoms with Crippen molar-refractivity contribution in [3.63, 3.8) is 0 Å². The number of carbonyl (C=O) groups is 4. The summed E-state index contributed by atoms with van der Waals surface area (Å²) in [6.45, 7) is 9.52. The maximum Gasteiger partial charge on any atom is 0.306 e. The number of nitrogens with one attached hydrogen (secondary N) is 2. The van der Waals surface area contributed by atoms with Crippen LogP contribution >= 0.6 is 0 Å². The third-order valence-electron chi connectivity index (χ3n) is 11.3. The van der Waals surface area contributed by atoms with E-state index in [0.29, 0.717) is 45.3 Å². The number of rotatable bonds is 38. The lowest BCUT2D eigenvalue weighted by atomic mass is 9.90. The molecule has 334 valence electrons. The molecule has 1 aliphatic carbocycles. The number of carbonyl (C=O) groups excluding carboxylic acids is 4. The van der Waals surface area contributed by atoms with Crippen molar-refractivity contribution in [2.24, 2.45) is 0 Å². The van der Waals surface area contributed by atoms with Crippen molar-refractivity contribution in [1.29, 1.82) is 0 Å². The minimum absolute atomic E-state index is 0.0434. The number of amides is 2. The molecule has 10 nitrogen and oxygen atoms in total. The quantitative estimate of drug-likeness (QED) is 0.0466. The maximum atomic E-state index is 13.0. The van der Waals surface area contributed by atoms with E-state index in [1.807, 2.05) is 13.8 Å². The van der Waals surface area contributed by atoms with E-state index >= 15 is 0 Å². The van der Waals surface area contributed by atoms with Crippen LogP contribution in [0.5, 0.6) is 0 Å². The highest BCUT2D eigenvalue weighted by atomic mass is 16.6. The van der Waals surface area contributed by atoms with Crippen molar-refractivity contribution in [3.8, 4) is 0 Å². The molecule has 10 heteroatoms. The van der Waals surface area contributed by atoms with Crippen LogP contribution in [0.3, 0.4) is 0 Å². The topological polar surface area (TPSA) is 129 Å². The van der Waals surface area contributed by atoms with Crippen molar-refractivity contribution < 1.29 is 38.1 Å². The van der Waals surface area contributed by atoms with E-state index in [0.717, 1.165) is 51.4 Å². The van der Waals surface area contributed by atoms with Crippen molar-refractivity contribution in [1.82, 2.24) is 10.6 Å². The molecular formula is C47H88N2O8. The number of hydrogen-bond donors (Lipinski definition) is 2. The lowest BCUT2D eigenvalue weighted by Gasteiger charge is -2.34. The van der Waals surface area contributed by atoms with E-state index in [9.17, 15) is 19.2 Å². The van der Waals surface area contributed by atoms with Gasteiger partial charge in [-0.1, -0.05) is 142 Å². The molecular weight excluding hydrogens is 721 g/mol. The SMILES string of the molecule is CCCCCCCCCCCCCC(=O)OC1CC(NC(=O)CCC(=O)NCCCC(C)OCC(C)OC)CC(OC(=O)CCCCCCCCCCCCC)C1. The third-order valence-corrected chi connectivity index (χ3v) is 11.3. The summed E-state index contributed by atoms with van der Waals surface area (Å²) in [5.41, 5.74) is 0. The molecule has 1 rings (SSSR count). The molecule has 0 saturated heterocycles. The smallest absolute Gasteiger partial charge is 0.306 e. The van der Waals surface area contributed by atoms with Gasteiger partial charge in [0.15, 0.2) is 0 Å². The highest BCUT2D eigenvalue weighted by Gasteiger charge is 2.34. The van der Waals surface area contributed by atoms with E-state index in [1.165, 1.54) is 103 Å². The van der Waals surface area contributed by atoms with Gasteiger partial charge in [0, 0.05) is 64.6 Å². The Hall–Kier alpha value is -2.20. The normalized spacial score (nSPS) is 17.8. The minimum atomic E-state index is -0.434. The van der Waals surface area contributed by atoms with Crippen LogP contribution in [-0.4, -0.2) is 74.5 Å². The lowest BCUT2D eigenvalue weighted by Crippen LogP contribution is -2.46. The third kappa shape index (κ3) is 32.4. The molecule has 0 bridgehead atoms. The average Bonchev–Trinajstić information content (AvgIpc) is 3.18. The van der Waals surface area contributed by atoms with Crippen LogP contribution in [0, 0.1) is 0 Å². The number of esters is 2. The van der Waals surface area contributed by atoms with Crippen LogP contribution in [0.2, 0.25) is 0 Å². The van der Waals surface area contributed by atoms with Gasteiger partial charge in [-0.15, -0.1) is 0 Å². The summed E-state index contributed by atoms with van der Waals surface area (Å²) in [5, 5.41) is 5.94. The number of unbranched alkanes of at least 4 members (excludes halogenated alkanes) is 20. The van der Waals surface area contributed by atoms with Crippen LogP contribution in [0.15, 0.2) is 0 Å². The largest absolute Gasteiger partial charge is 0.462 e. The number of methoxy groups -OCH3 is 1. The maximum absolute atomic E-state index is 13.0. The number of ether oxygens (including phenoxy) is 4. The van der Waals surface area contributed by atoms with E-state index in [2.05, 4.69) is 24.5 Å². The fraction of sp³-hybridized carbons (Fsp3) is 0.915. The highest BCUT2D eigenvalue weighted by molar-refractivity contribution is 5.83. The Kier molecular flexibility index (Phi) is 34.1. The van der Waals surface area contributed by atoms with Crippen molar-refractivity contribution in [2.45, 2.75) is 257 Å². The van der Waals surface area contributed by atoms with E-state index in [-0.39, 0.29) is 54.8 Å². The molecule has 57 heavy (non-hydrogen) atoms. The van der Waals surface area contributed by atoms with Crippen LogP contribution < -0.4 is 10.6 Å². The van der Waals surface area contributed by atoms with E-state index in [4.69, 9.17) is 18.9 Å². The molecule has 1 fully saturated rings. The molecule has 4 atom stereocenters. The number of hydrogen-bond acceptors (Lipinski definition) is 8. The van der Waals surface area contributed by atoms with Gasteiger partial charge in [0.25, 0.3) is 0 Å². The van der Waals surface area contributed by atoms with Crippen LogP contribution in [0.4, 0.5) is 0 Å². The Balaban J connectivity index is 2.49. The Bertz CT molecular complexity index is 962. The van der Waals surface area contributed by atoms with Gasteiger partial charge in [0.05, 0.1) is 18.8 Å². The first kappa shape index (κ1) is 52.8. The molecule has 1 aliphatic rings. The highest BCUT2D eigenvalue weighted by Crippen LogP contribution is 2.26. The van der Waals surface area contributed by atoms with Crippen LogP contribution in [0.25, 0.3) is 0 Å². The Labute approximate surface area is 349 Å². The van der Waals surface area contributed by atoms with Crippen molar-refractivity contribution in [3.05, 3.63) is 0 Å². The van der Waals surface area contributed by atoms with Gasteiger partial charge in [-0.25, -0.2) is 0 Å². The Morgan fingerprint density at radius 2 is 0.947 bits per heavy atom. The molecule has 0 aromatic heterocycles. The summed E-state index contributed by atoms with van der Waals surface area (Å²) >= 11 is 0. The summed E-state index contributed by atoms with van der Waals surface area (Å²) in [7, 11) is 1.66. The molecule has 0 radical (unpaired) electrons. The van der Waals surface area contributed by atoms with E-state index in [1.54, 1.807) is 7.11 Å². The van der Waals surface area contributed by atoms with Gasteiger partial charge in [-0.2, -0.15) is 0 Å². The summed E-state index contributed by atoms with van der Waals surface area (Å²) < 4.78 is 22.8. The molecule has 2 amide bonds. The molecule has 0 spiro atoms. The second-order valence-corrected chi connectivity index (χ2v) is 16.9. The van der Waals surface area contributed by atoms with Gasteiger partial charge in [0.1, 0.15) is 12.2 Å². The van der Waals surface area contributed by atoms with Gasteiger partial charge >= 0.3 is 11.9 Å². The predicted octanol–water partition coefficient (Wildman–Crippen LogP) is 11.0. The molecule has 0 aliphatic heterocycles. The predicted molar refractivity (Wildman–Crippen MR) is 231 cm³/mol. The van der Waals surface area contributed by atoms with Gasteiger partial charge in [0.2, 0.25) is 11.8 Å². The second-order valence-electron chi connectivity index (χ2n) is 16.9. The standard InChI is InChI=1S/C47H88N2O8/c1-6-8-10-12-14-16-18-20-22-24-26-30-46(52)56-42-35-41(49-45(51)33-32-44(50)48-34-28-29-39(3)55-38-40(4)54-5)36-43(37-42)57-47(53)31-27-25-23-21-19-17-15-13-11-9-7-2/h39-43H,6-38H2,1-5H3,(H,48,50)(H,49,51). The first-order valence-corrected chi connectivity index (χ1v) is 23.8. The summed E-state index contributed by atoms with van der Waals surface area (Å²) in [5.74, 6) is -0.852. The summed E-state index contributed by atoms with van der Waals surface area (Å²) in [4.78, 5) is 51.2. The van der Waals surface area contributed by atoms with Gasteiger partial charge < -0.3 is 29.6 Å².